The van der Waals surface area contributed by atoms with Crippen LogP contribution in [0.5, 0.6) is 0 Å². The number of rotatable bonds is 11. The minimum atomic E-state index is 0.451. The molecule has 0 radical (unpaired) electrons. The van der Waals surface area contributed by atoms with Crippen molar-refractivity contribution in [1.82, 2.24) is 5.32 Å². The van der Waals surface area contributed by atoms with Crippen molar-refractivity contribution in [3.05, 3.63) is 35.4 Å². The summed E-state index contributed by atoms with van der Waals surface area (Å²) in [5, 5.41) is 3.65. The summed E-state index contributed by atoms with van der Waals surface area (Å²) < 4.78 is 5.11. The zero-order chi connectivity index (χ0) is 14.6. The molecule has 20 heavy (non-hydrogen) atoms. The molecule has 0 saturated heterocycles. The fourth-order valence-electron chi connectivity index (χ4n) is 2.14. The van der Waals surface area contributed by atoms with E-state index in [2.05, 4.69) is 43.4 Å². The molecule has 1 aromatic rings. The lowest BCUT2D eigenvalue weighted by molar-refractivity contribution is 0.218. The summed E-state index contributed by atoms with van der Waals surface area (Å²) in [5.41, 5.74) is 2.85. The van der Waals surface area contributed by atoms with Gasteiger partial charge >= 0.3 is 0 Å². The highest BCUT2D eigenvalue weighted by molar-refractivity contribution is 7.99. The summed E-state index contributed by atoms with van der Waals surface area (Å²) in [4.78, 5) is 0. The maximum Gasteiger partial charge on any atom is 0.0552 e. The zero-order valence-electron chi connectivity index (χ0n) is 13.2. The van der Waals surface area contributed by atoms with Crippen LogP contribution in [0, 0.1) is 0 Å². The molecule has 0 spiro atoms. The van der Waals surface area contributed by atoms with Gasteiger partial charge in [0.1, 0.15) is 0 Å². The fraction of sp³-hybridized carbons (Fsp3) is 0.647. The van der Waals surface area contributed by atoms with Gasteiger partial charge in [0, 0.05) is 24.7 Å². The Morgan fingerprint density at radius 2 is 1.90 bits per heavy atom. The molecule has 1 unspecified atom stereocenters. The topological polar surface area (TPSA) is 21.3 Å². The van der Waals surface area contributed by atoms with E-state index in [1.54, 1.807) is 7.11 Å². The Morgan fingerprint density at radius 1 is 1.15 bits per heavy atom. The van der Waals surface area contributed by atoms with Gasteiger partial charge in [-0.15, -0.1) is 0 Å². The third-order valence-corrected chi connectivity index (χ3v) is 4.30. The number of methoxy groups -OCH3 is 1. The van der Waals surface area contributed by atoms with Crippen LogP contribution in [0.25, 0.3) is 0 Å². The van der Waals surface area contributed by atoms with Gasteiger partial charge in [0.05, 0.1) is 6.61 Å². The number of thioether (sulfide) groups is 1. The van der Waals surface area contributed by atoms with Crippen molar-refractivity contribution >= 4 is 11.8 Å². The van der Waals surface area contributed by atoms with Crippen molar-refractivity contribution in [3.8, 4) is 0 Å². The van der Waals surface area contributed by atoms with Crippen LogP contribution in [0.4, 0.5) is 0 Å². The average molecular weight is 295 g/mol. The maximum atomic E-state index is 5.11. The Labute approximate surface area is 128 Å². The maximum absolute atomic E-state index is 5.11. The van der Waals surface area contributed by atoms with Gasteiger partial charge in [-0.1, -0.05) is 44.5 Å². The Bertz CT molecular complexity index is 339. The Hall–Kier alpha value is -0.510. The standard InChI is InChI=1S/C17H29NOS/c1-4-6-15-7-9-16(10-8-15)17(18-11-5-2)14-20-13-12-19-3/h7-10,17-18H,4-6,11-14H2,1-3H3. The molecule has 0 saturated carbocycles. The van der Waals surface area contributed by atoms with Crippen molar-refractivity contribution in [2.75, 3.05) is 31.8 Å². The molecule has 1 rings (SSSR count). The summed E-state index contributed by atoms with van der Waals surface area (Å²) in [7, 11) is 1.76. The number of aryl methyl sites for hydroxylation is 1. The zero-order valence-corrected chi connectivity index (χ0v) is 14.0. The normalized spacial score (nSPS) is 12.6. The predicted molar refractivity (Wildman–Crippen MR) is 90.7 cm³/mol. The van der Waals surface area contributed by atoms with Gasteiger partial charge < -0.3 is 10.1 Å². The Balaban J connectivity index is 2.56. The third kappa shape index (κ3) is 6.78. The van der Waals surface area contributed by atoms with Crippen LogP contribution in [0.15, 0.2) is 24.3 Å². The molecule has 1 N–H and O–H groups in total. The molecule has 1 aromatic carbocycles. The molecule has 0 aliphatic carbocycles. The molecule has 114 valence electrons. The van der Waals surface area contributed by atoms with Crippen molar-refractivity contribution in [2.45, 2.75) is 39.2 Å². The molecule has 0 fully saturated rings. The molecule has 0 heterocycles. The highest BCUT2D eigenvalue weighted by Crippen LogP contribution is 2.19. The molecule has 0 aliphatic heterocycles. The lowest BCUT2D eigenvalue weighted by Gasteiger charge is -2.19. The number of hydrogen-bond donors (Lipinski definition) is 1. The van der Waals surface area contributed by atoms with Gasteiger partial charge in [0.25, 0.3) is 0 Å². The largest absolute Gasteiger partial charge is 0.384 e. The second-order valence-electron chi connectivity index (χ2n) is 5.07. The van der Waals surface area contributed by atoms with Gasteiger partial charge in [-0.25, -0.2) is 0 Å². The minimum absolute atomic E-state index is 0.451. The monoisotopic (exact) mass is 295 g/mol. The molecule has 0 aliphatic rings. The summed E-state index contributed by atoms with van der Waals surface area (Å²) in [6, 6.07) is 9.58. The first-order chi connectivity index (χ1) is 9.81. The van der Waals surface area contributed by atoms with Crippen molar-refractivity contribution in [1.29, 1.82) is 0 Å². The van der Waals surface area contributed by atoms with Crippen LogP contribution in [0.3, 0.4) is 0 Å². The van der Waals surface area contributed by atoms with E-state index < -0.39 is 0 Å². The smallest absolute Gasteiger partial charge is 0.0552 e. The first-order valence-corrected chi connectivity index (χ1v) is 8.86. The molecule has 2 nitrogen and oxygen atoms in total. The van der Waals surface area contributed by atoms with Crippen molar-refractivity contribution in [2.24, 2.45) is 0 Å². The fourth-order valence-corrected chi connectivity index (χ4v) is 3.14. The number of ether oxygens (including phenoxy) is 1. The molecule has 0 aromatic heterocycles. The van der Waals surface area contributed by atoms with Crippen molar-refractivity contribution in [3.63, 3.8) is 0 Å². The van der Waals surface area contributed by atoms with Gasteiger partial charge in [0.2, 0.25) is 0 Å². The first-order valence-electron chi connectivity index (χ1n) is 7.70. The molecule has 0 amide bonds. The van der Waals surface area contributed by atoms with E-state index in [0.717, 1.165) is 24.7 Å². The summed E-state index contributed by atoms with van der Waals surface area (Å²) in [6.07, 6.45) is 3.56. The van der Waals surface area contributed by atoms with E-state index in [9.17, 15) is 0 Å². The van der Waals surface area contributed by atoms with Gasteiger partial charge in [-0.3, -0.25) is 0 Å². The second kappa shape index (κ2) is 11.2. The van der Waals surface area contributed by atoms with Crippen LogP contribution in [-0.4, -0.2) is 31.8 Å². The van der Waals surface area contributed by atoms with E-state index in [4.69, 9.17) is 4.74 Å². The van der Waals surface area contributed by atoms with E-state index in [-0.39, 0.29) is 0 Å². The lowest BCUT2D eigenvalue weighted by Crippen LogP contribution is -2.24. The number of benzene rings is 1. The quantitative estimate of drug-likeness (QED) is 0.622. The van der Waals surface area contributed by atoms with E-state index in [1.807, 2.05) is 11.8 Å². The van der Waals surface area contributed by atoms with Gasteiger partial charge in [-0.2, -0.15) is 11.8 Å². The van der Waals surface area contributed by atoms with Crippen LogP contribution in [0.1, 0.15) is 43.9 Å². The average Bonchev–Trinajstić information content (AvgIpc) is 2.48. The first kappa shape index (κ1) is 17.5. The second-order valence-corrected chi connectivity index (χ2v) is 6.22. The highest BCUT2D eigenvalue weighted by atomic mass is 32.2. The van der Waals surface area contributed by atoms with Crippen LogP contribution in [0.2, 0.25) is 0 Å². The van der Waals surface area contributed by atoms with Crippen LogP contribution in [-0.2, 0) is 11.2 Å². The van der Waals surface area contributed by atoms with Crippen molar-refractivity contribution < 1.29 is 4.74 Å². The summed E-state index contributed by atoms with van der Waals surface area (Å²) in [6.45, 7) is 6.35. The highest BCUT2D eigenvalue weighted by Gasteiger charge is 2.10. The molecule has 3 heteroatoms. The third-order valence-electron chi connectivity index (χ3n) is 3.28. The Kier molecular flexibility index (Phi) is 9.81. The van der Waals surface area contributed by atoms with Crippen LogP contribution >= 0.6 is 11.8 Å². The van der Waals surface area contributed by atoms with E-state index in [1.165, 1.54) is 30.4 Å². The van der Waals surface area contributed by atoms with Gasteiger partial charge in [0.15, 0.2) is 0 Å². The number of hydrogen-bond acceptors (Lipinski definition) is 3. The Morgan fingerprint density at radius 3 is 2.50 bits per heavy atom. The van der Waals surface area contributed by atoms with Gasteiger partial charge in [-0.05, 0) is 30.5 Å². The predicted octanol–water partition coefficient (Wildman–Crippen LogP) is 4.06. The van der Waals surface area contributed by atoms with Crippen LogP contribution < -0.4 is 5.32 Å². The van der Waals surface area contributed by atoms with E-state index >= 15 is 0 Å². The molecular weight excluding hydrogens is 266 g/mol. The number of nitrogens with one attached hydrogen (secondary N) is 1. The summed E-state index contributed by atoms with van der Waals surface area (Å²) >= 11 is 1.96. The molecular formula is C17H29NOS. The lowest BCUT2D eigenvalue weighted by atomic mass is 10.0. The summed E-state index contributed by atoms with van der Waals surface area (Å²) in [5.74, 6) is 2.17. The molecule has 1 atom stereocenters. The molecule has 0 bridgehead atoms. The minimum Gasteiger partial charge on any atom is -0.384 e. The van der Waals surface area contributed by atoms with E-state index in [0.29, 0.717) is 6.04 Å². The SMILES string of the molecule is CCCNC(CSCCOC)c1ccc(CCC)cc1.